The van der Waals surface area contributed by atoms with Crippen molar-refractivity contribution >= 4 is 22.6 Å². The van der Waals surface area contributed by atoms with Gasteiger partial charge in [0.1, 0.15) is 0 Å². The van der Waals surface area contributed by atoms with Gasteiger partial charge in [0.15, 0.2) is 0 Å². The van der Waals surface area contributed by atoms with Crippen molar-refractivity contribution in [2.75, 3.05) is 33.7 Å². The zero-order valence-electron chi connectivity index (χ0n) is 16.9. The van der Waals surface area contributed by atoms with Crippen LogP contribution in [-0.4, -0.2) is 54.9 Å². The van der Waals surface area contributed by atoms with Crippen LogP contribution >= 0.6 is 0 Å². The Morgan fingerprint density at radius 3 is 1.96 bits per heavy atom. The third kappa shape index (κ3) is 4.25. The summed E-state index contributed by atoms with van der Waals surface area (Å²) in [5, 5.41) is 1.74. The molecule has 0 fully saturated rings. The summed E-state index contributed by atoms with van der Waals surface area (Å²) in [6, 6.07) is 11.3. The molecule has 4 nitrogen and oxygen atoms in total. The van der Waals surface area contributed by atoms with Gasteiger partial charge in [0.05, 0.1) is 27.2 Å². The molecule has 2 aromatic carbocycles. The summed E-state index contributed by atoms with van der Waals surface area (Å²) in [6.07, 6.45) is 1.11. The van der Waals surface area contributed by atoms with E-state index in [1.807, 2.05) is 36.4 Å². The van der Waals surface area contributed by atoms with Crippen molar-refractivity contribution in [3.05, 3.63) is 47.5 Å². The number of hydrogen-bond acceptors (Lipinski definition) is 2. The van der Waals surface area contributed by atoms with E-state index >= 15 is 0 Å². The molecule has 0 atom stereocenters. The minimum Gasteiger partial charge on any atom is -1.00 e. The minimum atomic E-state index is -0.173. The monoisotopic (exact) mass is 432 g/mol. The number of rotatable bonds is 6. The minimum absolute atomic E-state index is 0. The Labute approximate surface area is 172 Å². The molecule has 3 rings (SSSR count). The Bertz CT molecular complexity index is 823. The fourth-order valence-electron chi connectivity index (χ4n) is 4.55. The number of amides is 2. The smallest absolute Gasteiger partial charge is 0.261 e. The van der Waals surface area contributed by atoms with Crippen LogP contribution in [-0.2, 0) is 0 Å². The molecule has 0 aromatic heterocycles. The molecule has 146 valence electrons. The second-order valence-corrected chi connectivity index (χ2v) is 8.89. The van der Waals surface area contributed by atoms with E-state index in [1.165, 1.54) is 4.90 Å². The lowest BCUT2D eigenvalue weighted by Crippen LogP contribution is -3.00. The van der Waals surface area contributed by atoms with Gasteiger partial charge >= 0.3 is 0 Å². The van der Waals surface area contributed by atoms with E-state index in [9.17, 15) is 9.59 Å². The molecule has 0 aliphatic carbocycles. The molecule has 0 radical (unpaired) electrons. The van der Waals surface area contributed by atoms with Crippen molar-refractivity contribution in [3.8, 4) is 0 Å². The number of quaternary nitrogens is 1. The second-order valence-electron chi connectivity index (χ2n) is 8.89. The Morgan fingerprint density at radius 2 is 1.48 bits per heavy atom. The van der Waals surface area contributed by atoms with Crippen LogP contribution in [0.2, 0.25) is 0 Å². The molecule has 0 N–H and O–H groups in total. The van der Waals surface area contributed by atoms with E-state index in [1.54, 1.807) is 0 Å². The standard InChI is InChI=1S/C22H29N2O2.BrH/c1-6-13-24(4,5)15-22(2,3)14-23-20(25)17-11-7-9-16-10-8-12-18(19(16)17)21(23)26;/h7-12H,6,13-15H2,1-5H3;1H/q+1;/p-1. The highest BCUT2D eigenvalue weighted by Gasteiger charge is 2.38. The number of imide groups is 1. The third-order valence-electron chi connectivity index (χ3n) is 5.13. The summed E-state index contributed by atoms with van der Waals surface area (Å²) < 4.78 is 0.881. The molecule has 5 heteroatoms. The lowest BCUT2D eigenvalue weighted by atomic mass is 9.88. The topological polar surface area (TPSA) is 37.4 Å². The Morgan fingerprint density at radius 1 is 0.963 bits per heavy atom. The van der Waals surface area contributed by atoms with E-state index in [4.69, 9.17) is 0 Å². The molecule has 1 aliphatic heterocycles. The Hall–Kier alpha value is -1.72. The molecule has 0 spiro atoms. The molecular weight excluding hydrogens is 404 g/mol. The van der Waals surface area contributed by atoms with Crippen molar-refractivity contribution < 1.29 is 31.1 Å². The van der Waals surface area contributed by atoms with Crippen molar-refractivity contribution in [1.82, 2.24) is 4.90 Å². The third-order valence-corrected chi connectivity index (χ3v) is 5.13. The highest BCUT2D eigenvalue weighted by Crippen LogP contribution is 2.32. The van der Waals surface area contributed by atoms with Gasteiger partial charge in [-0.25, -0.2) is 0 Å². The number of carbonyl (C=O) groups is 2. The SMILES string of the molecule is CCC[N+](C)(C)CC(C)(C)CN1C(=O)c2cccc3cccc(c23)C1=O.[Br-]. The fourth-order valence-corrected chi connectivity index (χ4v) is 4.55. The quantitative estimate of drug-likeness (QED) is 0.503. The van der Waals surface area contributed by atoms with Gasteiger partial charge in [0.25, 0.3) is 11.8 Å². The molecule has 1 heterocycles. The summed E-state index contributed by atoms with van der Waals surface area (Å²) in [4.78, 5) is 27.6. The number of hydrogen-bond donors (Lipinski definition) is 0. The van der Waals surface area contributed by atoms with Crippen molar-refractivity contribution in [1.29, 1.82) is 0 Å². The number of halogens is 1. The molecule has 1 aliphatic rings. The maximum absolute atomic E-state index is 13.1. The highest BCUT2D eigenvalue weighted by atomic mass is 79.9. The normalized spacial score (nSPS) is 14.5. The maximum atomic E-state index is 13.1. The Kier molecular flexibility index (Phi) is 6.17. The predicted octanol–water partition coefficient (Wildman–Crippen LogP) is 0.952. The van der Waals surface area contributed by atoms with Gasteiger partial charge in [0.2, 0.25) is 0 Å². The first-order chi connectivity index (χ1) is 12.2. The summed E-state index contributed by atoms with van der Waals surface area (Å²) in [5.41, 5.74) is 1.11. The van der Waals surface area contributed by atoms with E-state index in [0.29, 0.717) is 17.7 Å². The van der Waals surface area contributed by atoms with Gasteiger partial charge in [0, 0.05) is 28.5 Å². The average Bonchev–Trinajstić information content (AvgIpc) is 2.55. The lowest BCUT2D eigenvalue weighted by Gasteiger charge is -2.40. The predicted molar refractivity (Wildman–Crippen MR) is 105 cm³/mol. The molecular formula is C22H29BrN2O2. The van der Waals surface area contributed by atoms with Crippen LogP contribution in [0, 0.1) is 5.41 Å². The molecule has 27 heavy (non-hydrogen) atoms. The van der Waals surface area contributed by atoms with Crippen LogP contribution in [0.3, 0.4) is 0 Å². The van der Waals surface area contributed by atoms with Gasteiger partial charge in [-0.3, -0.25) is 14.5 Å². The summed E-state index contributed by atoms with van der Waals surface area (Å²) >= 11 is 0. The van der Waals surface area contributed by atoms with E-state index in [2.05, 4.69) is 34.9 Å². The molecule has 2 amide bonds. The summed E-state index contributed by atoms with van der Waals surface area (Å²) in [6.45, 7) is 8.88. The van der Waals surface area contributed by atoms with Gasteiger partial charge in [-0.1, -0.05) is 45.0 Å². The van der Waals surface area contributed by atoms with Gasteiger partial charge < -0.3 is 21.5 Å². The largest absolute Gasteiger partial charge is 1.00 e. The number of benzene rings is 2. The number of carbonyl (C=O) groups excluding carboxylic acids is 2. The van der Waals surface area contributed by atoms with E-state index in [-0.39, 0.29) is 34.2 Å². The molecule has 2 aromatic rings. The van der Waals surface area contributed by atoms with Crippen LogP contribution in [0.15, 0.2) is 36.4 Å². The average molecular weight is 433 g/mol. The van der Waals surface area contributed by atoms with Crippen molar-refractivity contribution in [2.24, 2.45) is 5.41 Å². The Balaban J connectivity index is 0.00000261. The van der Waals surface area contributed by atoms with E-state index < -0.39 is 0 Å². The van der Waals surface area contributed by atoms with Crippen LogP contribution in [0.4, 0.5) is 0 Å². The fraction of sp³-hybridized carbons (Fsp3) is 0.455. The van der Waals surface area contributed by atoms with Gasteiger partial charge in [-0.2, -0.15) is 0 Å². The van der Waals surface area contributed by atoms with Crippen molar-refractivity contribution in [3.63, 3.8) is 0 Å². The van der Waals surface area contributed by atoms with Gasteiger partial charge in [-0.05, 0) is 23.9 Å². The zero-order valence-corrected chi connectivity index (χ0v) is 18.5. The van der Waals surface area contributed by atoms with Crippen LogP contribution in [0.25, 0.3) is 10.8 Å². The van der Waals surface area contributed by atoms with Crippen molar-refractivity contribution in [2.45, 2.75) is 27.2 Å². The highest BCUT2D eigenvalue weighted by molar-refractivity contribution is 6.25. The molecule has 0 saturated heterocycles. The van der Waals surface area contributed by atoms with Gasteiger partial charge in [-0.15, -0.1) is 0 Å². The summed E-state index contributed by atoms with van der Waals surface area (Å²) in [5.74, 6) is -0.346. The lowest BCUT2D eigenvalue weighted by molar-refractivity contribution is -0.896. The van der Waals surface area contributed by atoms with Crippen LogP contribution in [0.1, 0.15) is 47.9 Å². The number of nitrogens with zero attached hydrogens (tertiary/aromatic N) is 2. The van der Waals surface area contributed by atoms with E-state index in [0.717, 1.165) is 34.8 Å². The maximum Gasteiger partial charge on any atom is 0.261 e. The zero-order chi connectivity index (χ0) is 19.1. The first-order valence-electron chi connectivity index (χ1n) is 9.35. The molecule has 0 saturated carbocycles. The summed E-state index contributed by atoms with van der Waals surface area (Å²) in [7, 11) is 4.42. The first kappa shape index (κ1) is 21.6. The van der Waals surface area contributed by atoms with Crippen LogP contribution in [0.5, 0.6) is 0 Å². The molecule has 0 bridgehead atoms. The first-order valence-corrected chi connectivity index (χ1v) is 9.35. The molecule has 0 unspecified atom stereocenters. The second kappa shape index (κ2) is 7.72. The van der Waals surface area contributed by atoms with Crippen LogP contribution < -0.4 is 17.0 Å².